The molecule has 0 unspecified atom stereocenters. The second kappa shape index (κ2) is 8.67. The molecule has 138 valence electrons. The van der Waals surface area contributed by atoms with E-state index in [-0.39, 0.29) is 12.6 Å². The van der Waals surface area contributed by atoms with Gasteiger partial charge in [-0.25, -0.2) is 4.79 Å². The third-order valence-corrected chi connectivity index (χ3v) is 4.47. The Morgan fingerprint density at radius 3 is 2.88 bits per heavy atom. The molecule has 2 heterocycles. The highest BCUT2D eigenvalue weighted by molar-refractivity contribution is 5.68. The van der Waals surface area contributed by atoms with Crippen LogP contribution in [-0.2, 0) is 16.1 Å². The summed E-state index contributed by atoms with van der Waals surface area (Å²) in [4.78, 5) is 17.1. The van der Waals surface area contributed by atoms with Crippen LogP contribution in [0, 0.1) is 6.92 Å². The predicted octanol–water partition coefficient (Wildman–Crippen LogP) is 3.04. The molecule has 0 amide bonds. The van der Waals surface area contributed by atoms with Crippen LogP contribution < -0.4 is 9.64 Å². The zero-order valence-electron chi connectivity index (χ0n) is 14.9. The number of rotatable bonds is 8. The van der Waals surface area contributed by atoms with Crippen LogP contribution in [0.15, 0.2) is 42.7 Å². The first-order valence-electron chi connectivity index (χ1n) is 8.81. The molecule has 1 aliphatic rings. The van der Waals surface area contributed by atoms with Gasteiger partial charge in [0.2, 0.25) is 0 Å². The number of carboxylic acid groups (broad SMARTS) is 1. The Morgan fingerprint density at radius 2 is 2.12 bits per heavy atom. The van der Waals surface area contributed by atoms with Crippen molar-refractivity contribution in [3.63, 3.8) is 0 Å². The van der Waals surface area contributed by atoms with Gasteiger partial charge in [-0.2, -0.15) is 0 Å². The maximum absolute atomic E-state index is 10.6. The molecule has 3 rings (SSSR count). The minimum atomic E-state index is -0.942. The highest BCUT2D eigenvalue weighted by Gasteiger charge is 2.25. The molecule has 1 fully saturated rings. The Kier molecular flexibility index (Phi) is 6.07. The number of hydrogen-bond acceptors (Lipinski definition) is 5. The van der Waals surface area contributed by atoms with Crippen LogP contribution in [-0.4, -0.2) is 41.9 Å². The zero-order valence-corrected chi connectivity index (χ0v) is 14.9. The second-order valence-corrected chi connectivity index (χ2v) is 6.55. The quantitative estimate of drug-likeness (QED) is 0.784. The van der Waals surface area contributed by atoms with Gasteiger partial charge >= 0.3 is 5.97 Å². The number of anilines is 1. The lowest BCUT2D eigenvalue weighted by Crippen LogP contribution is -2.33. The van der Waals surface area contributed by atoms with E-state index in [1.165, 1.54) is 5.56 Å². The molecule has 1 aromatic heterocycles. The molecule has 1 saturated heterocycles. The maximum Gasteiger partial charge on any atom is 0.329 e. The van der Waals surface area contributed by atoms with E-state index in [9.17, 15) is 4.79 Å². The summed E-state index contributed by atoms with van der Waals surface area (Å²) < 4.78 is 11.2. The number of pyridine rings is 1. The van der Waals surface area contributed by atoms with Gasteiger partial charge in [-0.3, -0.25) is 4.98 Å². The first-order chi connectivity index (χ1) is 12.6. The minimum absolute atomic E-state index is 0.170. The van der Waals surface area contributed by atoms with E-state index in [1.54, 1.807) is 6.20 Å². The van der Waals surface area contributed by atoms with Gasteiger partial charge in [0.05, 0.1) is 30.7 Å². The van der Waals surface area contributed by atoms with Crippen LogP contribution in [0.4, 0.5) is 5.69 Å². The van der Waals surface area contributed by atoms with Crippen molar-refractivity contribution in [1.29, 1.82) is 0 Å². The van der Waals surface area contributed by atoms with Gasteiger partial charge in [0.25, 0.3) is 0 Å². The van der Waals surface area contributed by atoms with Crippen molar-refractivity contribution in [2.75, 3.05) is 24.7 Å². The summed E-state index contributed by atoms with van der Waals surface area (Å²) in [6, 6.07) is 10.4. The molecule has 0 spiro atoms. The summed E-state index contributed by atoms with van der Waals surface area (Å²) in [5, 5.41) is 8.71. The van der Waals surface area contributed by atoms with E-state index in [0.29, 0.717) is 13.2 Å². The molecule has 0 bridgehead atoms. The molecule has 0 radical (unpaired) electrons. The van der Waals surface area contributed by atoms with E-state index in [2.05, 4.69) is 41.1 Å². The molecule has 0 aliphatic carbocycles. The number of nitrogens with zero attached hydrogens (tertiary/aromatic N) is 2. The molecule has 2 aromatic rings. The van der Waals surface area contributed by atoms with Crippen molar-refractivity contribution in [3.8, 4) is 5.75 Å². The van der Waals surface area contributed by atoms with Gasteiger partial charge in [0.15, 0.2) is 0 Å². The van der Waals surface area contributed by atoms with Crippen LogP contribution in [0.2, 0.25) is 0 Å². The van der Waals surface area contributed by atoms with Gasteiger partial charge in [-0.05, 0) is 25.3 Å². The van der Waals surface area contributed by atoms with Crippen molar-refractivity contribution in [3.05, 3.63) is 53.9 Å². The smallest absolute Gasteiger partial charge is 0.329 e. The van der Waals surface area contributed by atoms with Crippen LogP contribution in [0.3, 0.4) is 0 Å². The third-order valence-electron chi connectivity index (χ3n) is 4.47. The predicted molar refractivity (Wildman–Crippen MR) is 98.6 cm³/mol. The lowest BCUT2D eigenvalue weighted by atomic mass is 10.2. The number of aliphatic carboxylic acids is 1. The van der Waals surface area contributed by atoms with Crippen LogP contribution >= 0.6 is 0 Å². The SMILES string of the molecule is Cc1ccc(COc2cncc(N3CCC[C@H]3COCC(=O)O)c2)cc1. The van der Waals surface area contributed by atoms with Crippen LogP contribution in [0.5, 0.6) is 5.75 Å². The fraction of sp³-hybridized carbons (Fsp3) is 0.400. The fourth-order valence-electron chi connectivity index (χ4n) is 3.13. The van der Waals surface area contributed by atoms with Crippen molar-refractivity contribution >= 4 is 11.7 Å². The number of ether oxygens (including phenoxy) is 2. The molecule has 0 saturated carbocycles. The monoisotopic (exact) mass is 356 g/mol. The Balaban J connectivity index is 1.60. The lowest BCUT2D eigenvalue weighted by molar-refractivity contribution is -0.142. The van der Waals surface area contributed by atoms with Gasteiger partial charge in [0.1, 0.15) is 19.0 Å². The van der Waals surface area contributed by atoms with Crippen LogP contribution in [0.25, 0.3) is 0 Å². The van der Waals surface area contributed by atoms with E-state index in [4.69, 9.17) is 14.6 Å². The minimum Gasteiger partial charge on any atom is -0.487 e. The number of carbonyl (C=O) groups is 1. The summed E-state index contributed by atoms with van der Waals surface area (Å²) in [5.41, 5.74) is 3.32. The van der Waals surface area contributed by atoms with Crippen molar-refractivity contribution < 1.29 is 19.4 Å². The summed E-state index contributed by atoms with van der Waals surface area (Å²) in [7, 11) is 0. The standard InChI is InChI=1S/C20H24N2O4/c1-15-4-6-16(7-5-15)12-26-19-9-18(10-21-11-19)22-8-2-3-17(22)13-25-14-20(23)24/h4-7,9-11,17H,2-3,8,12-14H2,1H3,(H,23,24)/t17-/m0/s1. The normalized spacial score (nSPS) is 16.7. The zero-order chi connectivity index (χ0) is 18.4. The third kappa shape index (κ3) is 4.95. The van der Waals surface area contributed by atoms with E-state index in [0.717, 1.165) is 36.4 Å². The van der Waals surface area contributed by atoms with E-state index >= 15 is 0 Å². The van der Waals surface area contributed by atoms with Crippen molar-refractivity contribution in [2.45, 2.75) is 32.4 Å². The summed E-state index contributed by atoms with van der Waals surface area (Å²) in [5.74, 6) is -0.220. The van der Waals surface area contributed by atoms with E-state index in [1.807, 2.05) is 12.3 Å². The Hall–Kier alpha value is -2.60. The number of aryl methyl sites for hydroxylation is 1. The largest absolute Gasteiger partial charge is 0.487 e. The Morgan fingerprint density at radius 1 is 1.31 bits per heavy atom. The molecule has 6 nitrogen and oxygen atoms in total. The van der Waals surface area contributed by atoms with Gasteiger partial charge < -0.3 is 19.5 Å². The number of benzene rings is 1. The van der Waals surface area contributed by atoms with Crippen molar-refractivity contribution in [1.82, 2.24) is 4.98 Å². The fourth-order valence-corrected chi connectivity index (χ4v) is 3.13. The molecule has 1 aromatic carbocycles. The van der Waals surface area contributed by atoms with E-state index < -0.39 is 5.97 Å². The molecule has 1 N–H and O–H groups in total. The molecule has 1 aliphatic heterocycles. The van der Waals surface area contributed by atoms with Crippen molar-refractivity contribution in [2.24, 2.45) is 0 Å². The number of hydrogen-bond donors (Lipinski definition) is 1. The lowest BCUT2D eigenvalue weighted by Gasteiger charge is -2.26. The van der Waals surface area contributed by atoms with Gasteiger partial charge in [-0.1, -0.05) is 29.8 Å². The van der Waals surface area contributed by atoms with Gasteiger partial charge in [0, 0.05) is 12.6 Å². The summed E-state index contributed by atoms with van der Waals surface area (Å²) >= 11 is 0. The second-order valence-electron chi connectivity index (χ2n) is 6.55. The van der Waals surface area contributed by atoms with Crippen LogP contribution in [0.1, 0.15) is 24.0 Å². The summed E-state index contributed by atoms with van der Waals surface area (Å²) in [6.45, 7) is 3.61. The molecular weight excluding hydrogens is 332 g/mol. The number of aromatic nitrogens is 1. The molecular formula is C20H24N2O4. The van der Waals surface area contributed by atoms with Gasteiger partial charge in [-0.15, -0.1) is 0 Å². The first kappa shape index (κ1) is 18.2. The average Bonchev–Trinajstić information content (AvgIpc) is 3.10. The Labute approximate surface area is 153 Å². The Bertz CT molecular complexity index is 733. The highest BCUT2D eigenvalue weighted by Crippen LogP contribution is 2.28. The summed E-state index contributed by atoms with van der Waals surface area (Å²) in [6.07, 6.45) is 5.56. The molecule has 26 heavy (non-hydrogen) atoms. The molecule has 1 atom stereocenters. The maximum atomic E-state index is 10.6. The number of carboxylic acids is 1. The molecule has 6 heteroatoms. The average molecular weight is 356 g/mol. The highest BCUT2D eigenvalue weighted by atomic mass is 16.5. The first-order valence-corrected chi connectivity index (χ1v) is 8.81. The topological polar surface area (TPSA) is 71.9 Å².